The molecule has 1 aromatic heterocycles. The summed E-state index contributed by atoms with van der Waals surface area (Å²) in [7, 11) is 0. The summed E-state index contributed by atoms with van der Waals surface area (Å²) in [6, 6.07) is 4.85. The van der Waals surface area contributed by atoms with Gasteiger partial charge in [0.15, 0.2) is 0 Å². The third kappa shape index (κ3) is 2.81. The van der Waals surface area contributed by atoms with E-state index in [4.69, 9.17) is 4.74 Å². The SMILES string of the molecule is Cc1cc(C)c(C#N)c(N2C[C@H](C)[C@@H](N3CCOCC3)C2)n1. The zero-order valence-corrected chi connectivity index (χ0v) is 13.7. The first-order chi connectivity index (χ1) is 10.6. The van der Waals surface area contributed by atoms with Crippen LogP contribution >= 0.6 is 0 Å². The van der Waals surface area contributed by atoms with E-state index in [0.717, 1.165) is 62.0 Å². The highest BCUT2D eigenvalue weighted by molar-refractivity contribution is 5.59. The molecule has 0 radical (unpaired) electrons. The highest BCUT2D eigenvalue weighted by atomic mass is 16.5. The Hall–Kier alpha value is -1.64. The van der Waals surface area contributed by atoms with Crippen molar-refractivity contribution in [1.29, 1.82) is 5.26 Å². The Morgan fingerprint density at radius 1 is 1.27 bits per heavy atom. The molecule has 0 bridgehead atoms. The second-order valence-corrected chi connectivity index (χ2v) is 6.49. The van der Waals surface area contributed by atoms with Crippen LogP contribution in [0, 0.1) is 31.1 Å². The van der Waals surface area contributed by atoms with Gasteiger partial charge in [-0.05, 0) is 31.4 Å². The van der Waals surface area contributed by atoms with Crippen molar-refractivity contribution >= 4 is 5.82 Å². The lowest BCUT2D eigenvalue weighted by Crippen LogP contribution is -2.46. The van der Waals surface area contributed by atoms with Gasteiger partial charge in [0.25, 0.3) is 0 Å². The third-order valence-electron chi connectivity index (χ3n) is 4.82. The minimum absolute atomic E-state index is 0.526. The van der Waals surface area contributed by atoms with Gasteiger partial charge in [0.2, 0.25) is 0 Å². The van der Waals surface area contributed by atoms with E-state index in [-0.39, 0.29) is 0 Å². The summed E-state index contributed by atoms with van der Waals surface area (Å²) in [6.07, 6.45) is 0. The van der Waals surface area contributed by atoms with Crippen LogP contribution in [0.1, 0.15) is 23.7 Å². The van der Waals surface area contributed by atoms with Crippen molar-refractivity contribution in [1.82, 2.24) is 9.88 Å². The minimum Gasteiger partial charge on any atom is -0.379 e. The molecular weight excluding hydrogens is 276 g/mol. The van der Waals surface area contributed by atoms with E-state index >= 15 is 0 Å². The number of ether oxygens (including phenoxy) is 1. The van der Waals surface area contributed by atoms with Crippen molar-refractivity contribution < 1.29 is 4.74 Å². The highest BCUT2D eigenvalue weighted by Gasteiger charge is 2.36. The van der Waals surface area contributed by atoms with Gasteiger partial charge in [-0.1, -0.05) is 6.92 Å². The maximum Gasteiger partial charge on any atom is 0.147 e. The summed E-state index contributed by atoms with van der Waals surface area (Å²) in [5.74, 6) is 1.44. The molecule has 3 rings (SSSR count). The summed E-state index contributed by atoms with van der Waals surface area (Å²) in [4.78, 5) is 9.49. The Bertz CT molecular complexity index is 589. The Balaban J connectivity index is 1.84. The molecule has 118 valence electrons. The fourth-order valence-electron chi connectivity index (χ4n) is 3.69. The zero-order valence-electron chi connectivity index (χ0n) is 13.7. The zero-order chi connectivity index (χ0) is 15.7. The smallest absolute Gasteiger partial charge is 0.147 e. The molecule has 2 aliphatic rings. The Kier molecular flexibility index (Phi) is 4.32. The number of rotatable bonds is 2. The number of aromatic nitrogens is 1. The predicted molar refractivity (Wildman–Crippen MR) is 86.0 cm³/mol. The van der Waals surface area contributed by atoms with Gasteiger partial charge in [0, 0.05) is 37.9 Å². The lowest BCUT2D eigenvalue weighted by molar-refractivity contribution is 0.0134. The van der Waals surface area contributed by atoms with Crippen molar-refractivity contribution in [3.8, 4) is 6.07 Å². The quantitative estimate of drug-likeness (QED) is 0.832. The number of pyridine rings is 1. The van der Waals surface area contributed by atoms with Gasteiger partial charge in [-0.3, -0.25) is 4.90 Å². The van der Waals surface area contributed by atoms with Crippen LogP contribution in [0.3, 0.4) is 0 Å². The van der Waals surface area contributed by atoms with Crippen LogP contribution < -0.4 is 4.90 Å². The largest absolute Gasteiger partial charge is 0.379 e. The summed E-state index contributed by atoms with van der Waals surface area (Å²) < 4.78 is 5.46. The minimum atomic E-state index is 0.526. The van der Waals surface area contributed by atoms with E-state index in [9.17, 15) is 5.26 Å². The van der Waals surface area contributed by atoms with E-state index in [1.54, 1.807) is 0 Å². The molecule has 0 unspecified atom stereocenters. The summed E-state index contributed by atoms with van der Waals surface area (Å²) in [5.41, 5.74) is 2.72. The first-order valence-electron chi connectivity index (χ1n) is 8.05. The van der Waals surface area contributed by atoms with E-state index in [1.165, 1.54) is 0 Å². The number of nitriles is 1. The molecule has 0 saturated carbocycles. The van der Waals surface area contributed by atoms with Gasteiger partial charge in [-0.25, -0.2) is 4.98 Å². The van der Waals surface area contributed by atoms with Crippen LogP contribution in [0.5, 0.6) is 0 Å². The monoisotopic (exact) mass is 300 g/mol. The lowest BCUT2D eigenvalue weighted by atomic mass is 10.0. The van der Waals surface area contributed by atoms with Crippen molar-refractivity contribution in [3.05, 3.63) is 22.9 Å². The van der Waals surface area contributed by atoms with E-state index in [2.05, 4.69) is 27.8 Å². The Labute approximate surface area is 132 Å². The van der Waals surface area contributed by atoms with Crippen molar-refractivity contribution in [3.63, 3.8) is 0 Å². The first-order valence-corrected chi connectivity index (χ1v) is 8.05. The third-order valence-corrected chi connectivity index (χ3v) is 4.82. The normalized spacial score (nSPS) is 26.2. The molecule has 1 aromatic rings. The van der Waals surface area contributed by atoms with Gasteiger partial charge in [-0.15, -0.1) is 0 Å². The van der Waals surface area contributed by atoms with Gasteiger partial charge in [0.1, 0.15) is 11.9 Å². The molecule has 2 fully saturated rings. The highest BCUT2D eigenvalue weighted by Crippen LogP contribution is 2.30. The number of aryl methyl sites for hydroxylation is 2. The number of morpholine rings is 1. The van der Waals surface area contributed by atoms with Crippen LogP contribution in [-0.2, 0) is 4.74 Å². The van der Waals surface area contributed by atoms with Crippen molar-refractivity contribution in [2.45, 2.75) is 26.8 Å². The molecule has 0 N–H and O–H groups in total. The maximum atomic E-state index is 9.49. The fourth-order valence-corrected chi connectivity index (χ4v) is 3.69. The number of anilines is 1. The molecule has 2 saturated heterocycles. The van der Waals surface area contributed by atoms with Crippen LogP contribution in [0.2, 0.25) is 0 Å². The average Bonchev–Trinajstić information content (AvgIpc) is 2.89. The van der Waals surface area contributed by atoms with E-state index in [0.29, 0.717) is 12.0 Å². The van der Waals surface area contributed by atoms with Crippen LogP contribution in [0.25, 0.3) is 0 Å². The van der Waals surface area contributed by atoms with Gasteiger partial charge >= 0.3 is 0 Å². The van der Waals surface area contributed by atoms with Crippen molar-refractivity contribution in [2.24, 2.45) is 5.92 Å². The van der Waals surface area contributed by atoms with E-state index < -0.39 is 0 Å². The molecule has 5 heteroatoms. The number of hydrogen-bond donors (Lipinski definition) is 0. The fraction of sp³-hybridized carbons (Fsp3) is 0.647. The average molecular weight is 300 g/mol. The van der Waals surface area contributed by atoms with E-state index in [1.807, 2.05) is 19.9 Å². The molecule has 2 aliphatic heterocycles. The summed E-state index contributed by atoms with van der Waals surface area (Å²) >= 11 is 0. The molecule has 0 aromatic carbocycles. The first kappa shape index (κ1) is 15.3. The molecule has 3 heterocycles. The molecular formula is C17H24N4O. The number of nitrogens with zero attached hydrogens (tertiary/aromatic N) is 4. The second-order valence-electron chi connectivity index (χ2n) is 6.49. The maximum absolute atomic E-state index is 9.49. The molecule has 2 atom stereocenters. The van der Waals surface area contributed by atoms with Gasteiger partial charge < -0.3 is 9.64 Å². The molecule has 5 nitrogen and oxygen atoms in total. The van der Waals surface area contributed by atoms with Crippen molar-refractivity contribution in [2.75, 3.05) is 44.3 Å². The van der Waals surface area contributed by atoms with Crippen LogP contribution in [0.4, 0.5) is 5.82 Å². The topological polar surface area (TPSA) is 52.4 Å². The lowest BCUT2D eigenvalue weighted by Gasteiger charge is -2.34. The van der Waals surface area contributed by atoms with Crippen LogP contribution in [0.15, 0.2) is 6.07 Å². The molecule has 0 aliphatic carbocycles. The summed E-state index contributed by atoms with van der Waals surface area (Å²) in [6.45, 7) is 11.9. The molecule has 0 amide bonds. The standard InChI is InChI=1S/C17H24N4O/c1-12-8-14(3)19-17(15(12)9-18)21-10-13(2)16(11-21)20-4-6-22-7-5-20/h8,13,16H,4-7,10-11H2,1-3H3/t13-,16-/m0/s1. The Morgan fingerprint density at radius 3 is 2.68 bits per heavy atom. The van der Waals surface area contributed by atoms with Crippen LogP contribution in [-0.4, -0.2) is 55.3 Å². The molecule has 0 spiro atoms. The number of hydrogen-bond acceptors (Lipinski definition) is 5. The summed E-state index contributed by atoms with van der Waals surface area (Å²) in [5, 5.41) is 9.49. The Morgan fingerprint density at radius 2 is 2.00 bits per heavy atom. The second kappa shape index (κ2) is 6.23. The molecule has 22 heavy (non-hydrogen) atoms. The van der Waals surface area contributed by atoms with Gasteiger partial charge in [-0.2, -0.15) is 5.26 Å². The predicted octanol–water partition coefficient (Wildman–Crippen LogP) is 1.73. The van der Waals surface area contributed by atoms with Gasteiger partial charge in [0.05, 0.1) is 18.8 Å².